The Morgan fingerprint density at radius 2 is 2.03 bits per heavy atom. The second-order valence-electron chi connectivity index (χ2n) is 8.55. The fourth-order valence-electron chi connectivity index (χ4n) is 4.61. The number of hydrogen-bond donors (Lipinski definition) is 0. The van der Waals surface area contributed by atoms with Gasteiger partial charge in [0, 0.05) is 37.0 Å². The first-order valence-corrected chi connectivity index (χ1v) is 11.1. The standard InChI is InChI=1S/C26H27N3O2/c1-18-14-21-10-12-29(17-23-4-3-13-31-23)26(30)24(21)16-22(18)15-19-6-8-20(9-7-19)25-5-2-11-27-28-25/h2,5-9,11,14,16,23H,3-4,10,12-13,15,17H2,1H3. The van der Waals surface area contributed by atoms with Gasteiger partial charge in [0.15, 0.2) is 0 Å². The van der Waals surface area contributed by atoms with Crippen LogP contribution >= 0.6 is 0 Å². The van der Waals surface area contributed by atoms with Crippen molar-refractivity contribution >= 4 is 5.91 Å². The number of rotatable bonds is 5. The van der Waals surface area contributed by atoms with Crippen LogP contribution in [-0.2, 0) is 17.6 Å². The molecule has 3 aromatic rings. The summed E-state index contributed by atoms with van der Waals surface area (Å²) < 4.78 is 5.75. The predicted octanol–water partition coefficient (Wildman–Crippen LogP) is 4.22. The maximum atomic E-state index is 13.2. The molecule has 1 atom stereocenters. The van der Waals surface area contributed by atoms with Crippen molar-refractivity contribution in [2.24, 2.45) is 0 Å². The van der Waals surface area contributed by atoms with Crippen LogP contribution in [0.25, 0.3) is 11.3 Å². The molecule has 5 nitrogen and oxygen atoms in total. The maximum absolute atomic E-state index is 13.2. The summed E-state index contributed by atoms with van der Waals surface area (Å²) in [5.41, 5.74) is 7.63. The summed E-state index contributed by atoms with van der Waals surface area (Å²) in [4.78, 5) is 15.2. The van der Waals surface area contributed by atoms with Crippen LogP contribution in [0.1, 0.15) is 45.5 Å². The van der Waals surface area contributed by atoms with Crippen LogP contribution in [0, 0.1) is 6.92 Å². The van der Waals surface area contributed by atoms with E-state index in [1.54, 1.807) is 6.20 Å². The van der Waals surface area contributed by atoms with E-state index < -0.39 is 0 Å². The van der Waals surface area contributed by atoms with Gasteiger partial charge >= 0.3 is 0 Å². The third-order valence-electron chi connectivity index (χ3n) is 6.40. The van der Waals surface area contributed by atoms with Gasteiger partial charge in [-0.25, -0.2) is 0 Å². The van der Waals surface area contributed by atoms with Gasteiger partial charge in [-0.1, -0.05) is 30.3 Å². The molecule has 2 aromatic carbocycles. The average molecular weight is 414 g/mol. The lowest BCUT2D eigenvalue weighted by atomic mass is 9.90. The molecule has 3 heterocycles. The van der Waals surface area contributed by atoms with Gasteiger partial charge in [0.1, 0.15) is 0 Å². The van der Waals surface area contributed by atoms with Crippen molar-refractivity contribution in [2.75, 3.05) is 19.7 Å². The van der Waals surface area contributed by atoms with Gasteiger partial charge in [-0.05, 0) is 73.1 Å². The van der Waals surface area contributed by atoms with Gasteiger partial charge in [-0.2, -0.15) is 10.2 Å². The molecule has 0 saturated carbocycles. The van der Waals surface area contributed by atoms with Crippen LogP contribution in [0.15, 0.2) is 54.7 Å². The molecule has 0 spiro atoms. The van der Waals surface area contributed by atoms with E-state index in [1.807, 2.05) is 17.0 Å². The predicted molar refractivity (Wildman–Crippen MR) is 120 cm³/mol. The second-order valence-corrected chi connectivity index (χ2v) is 8.55. The van der Waals surface area contributed by atoms with Crippen LogP contribution in [0.3, 0.4) is 0 Å². The van der Waals surface area contributed by atoms with E-state index in [0.717, 1.165) is 55.7 Å². The molecule has 0 bridgehead atoms. The fourth-order valence-corrected chi connectivity index (χ4v) is 4.61. The van der Waals surface area contributed by atoms with E-state index in [4.69, 9.17) is 4.74 Å². The SMILES string of the molecule is Cc1cc2c(cc1Cc1ccc(-c3cccnn3)cc1)C(=O)N(CC1CCCO1)CC2. The molecule has 0 aliphatic carbocycles. The second kappa shape index (κ2) is 8.60. The molecule has 158 valence electrons. The van der Waals surface area contributed by atoms with Crippen molar-refractivity contribution < 1.29 is 9.53 Å². The van der Waals surface area contributed by atoms with E-state index in [9.17, 15) is 4.79 Å². The Morgan fingerprint density at radius 3 is 2.77 bits per heavy atom. The van der Waals surface area contributed by atoms with Gasteiger partial charge in [0.2, 0.25) is 0 Å². The van der Waals surface area contributed by atoms with Crippen LogP contribution in [-0.4, -0.2) is 46.8 Å². The monoisotopic (exact) mass is 413 g/mol. The first-order valence-electron chi connectivity index (χ1n) is 11.1. The highest BCUT2D eigenvalue weighted by Crippen LogP contribution is 2.27. The molecular formula is C26H27N3O2. The molecule has 0 radical (unpaired) electrons. The van der Waals surface area contributed by atoms with Crippen molar-refractivity contribution in [3.8, 4) is 11.3 Å². The summed E-state index contributed by atoms with van der Waals surface area (Å²) >= 11 is 0. The van der Waals surface area contributed by atoms with Crippen LogP contribution < -0.4 is 0 Å². The fraction of sp³-hybridized carbons (Fsp3) is 0.346. The van der Waals surface area contributed by atoms with Crippen molar-refractivity contribution in [2.45, 2.75) is 38.7 Å². The number of ether oxygens (including phenoxy) is 1. The summed E-state index contributed by atoms with van der Waals surface area (Å²) in [5, 5.41) is 8.13. The zero-order chi connectivity index (χ0) is 21.2. The van der Waals surface area contributed by atoms with Gasteiger partial charge in [-0.3, -0.25) is 4.79 Å². The average Bonchev–Trinajstić information content (AvgIpc) is 3.31. The first-order chi connectivity index (χ1) is 15.2. The Balaban J connectivity index is 1.35. The minimum absolute atomic E-state index is 0.149. The smallest absolute Gasteiger partial charge is 0.254 e. The summed E-state index contributed by atoms with van der Waals surface area (Å²) in [5.74, 6) is 0.149. The van der Waals surface area contributed by atoms with E-state index in [2.05, 4.69) is 53.5 Å². The number of amides is 1. The summed E-state index contributed by atoms with van der Waals surface area (Å²) in [7, 11) is 0. The topological polar surface area (TPSA) is 55.3 Å². The summed E-state index contributed by atoms with van der Waals surface area (Å²) in [6, 6.07) is 16.6. The maximum Gasteiger partial charge on any atom is 0.254 e. The Kier molecular flexibility index (Phi) is 5.51. The Bertz CT molecular complexity index is 1070. The number of nitrogens with zero attached hydrogens (tertiary/aromatic N) is 3. The molecule has 31 heavy (non-hydrogen) atoms. The highest BCUT2D eigenvalue weighted by molar-refractivity contribution is 5.97. The lowest BCUT2D eigenvalue weighted by molar-refractivity contribution is 0.0510. The molecule has 0 N–H and O–H groups in total. The highest BCUT2D eigenvalue weighted by Gasteiger charge is 2.28. The van der Waals surface area contributed by atoms with Gasteiger partial charge in [-0.15, -0.1) is 0 Å². The lowest BCUT2D eigenvalue weighted by Gasteiger charge is -2.31. The third-order valence-corrected chi connectivity index (χ3v) is 6.40. The minimum Gasteiger partial charge on any atom is -0.376 e. The quantitative estimate of drug-likeness (QED) is 0.628. The molecule has 1 saturated heterocycles. The molecule has 1 amide bonds. The number of aryl methyl sites for hydroxylation is 1. The molecule has 5 rings (SSSR count). The van der Waals surface area contributed by atoms with Crippen LogP contribution in [0.5, 0.6) is 0 Å². The minimum atomic E-state index is 0.149. The van der Waals surface area contributed by atoms with Crippen LogP contribution in [0.4, 0.5) is 0 Å². The summed E-state index contributed by atoms with van der Waals surface area (Å²) in [6.45, 7) is 4.47. The Morgan fingerprint density at radius 1 is 1.16 bits per heavy atom. The number of fused-ring (bicyclic) bond motifs is 1. The van der Waals surface area contributed by atoms with Gasteiger partial charge < -0.3 is 9.64 Å². The largest absolute Gasteiger partial charge is 0.376 e. The van der Waals surface area contributed by atoms with Crippen molar-refractivity contribution in [3.63, 3.8) is 0 Å². The normalized spacial score (nSPS) is 18.3. The van der Waals surface area contributed by atoms with Gasteiger partial charge in [0.25, 0.3) is 5.91 Å². The van der Waals surface area contributed by atoms with Crippen molar-refractivity contribution in [3.05, 3.63) is 82.5 Å². The molecule has 5 heteroatoms. The zero-order valence-electron chi connectivity index (χ0n) is 17.9. The first kappa shape index (κ1) is 19.9. The molecule has 1 fully saturated rings. The molecular weight excluding hydrogens is 386 g/mol. The molecule has 1 aromatic heterocycles. The number of aromatic nitrogens is 2. The molecule has 1 unspecified atom stereocenters. The highest BCUT2D eigenvalue weighted by atomic mass is 16.5. The van der Waals surface area contributed by atoms with E-state index >= 15 is 0 Å². The van der Waals surface area contributed by atoms with Crippen LogP contribution in [0.2, 0.25) is 0 Å². The van der Waals surface area contributed by atoms with Gasteiger partial charge in [0.05, 0.1) is 11.8 Å². The van der Waals surface area contributed by atoms with Crippen molar-refractivity contribution in [1.29, 1.82) is 0 Å². The number of hydrogen-bond acceptors (Lipinski definition) is 4. The van der Waals surface area contributed by atoms with Crippen molar-refractivity contribution in [1.82, 2.24) is 15.1 Å². The Labute approximate surface area is 183 Å². The molecule has 2 aliphatic rings. The number of carbonyl (C=O) groups excluding carboxylic acids is 1. The van der Waals surface area contributed by atoms with E-state index in [1.165, 1.54) is 22.3 Å². The third kappa shape index (κ3) is 4.23. The summed E-state index contributed by atoms with van der Waals surface area (Å²) in [6.07, 6.45) is 5.76. The molecule has 2 aliphatic heterocycles. The van der Waals surface area contributed by atoms with E-state index in [-0.39, 0.29) is 12.0 Å². The lowest BCUT2D eigenvalue weighted by Crippen LogP contribution is -2.42. The zero-order valence-corrected chi connectivity index (χ0v) is 17.9. The Hall–Kier alpha value is -3.05. The number of benzene rings is 2. The number of carbonyl (C=O) groups is 1. The van der Waals surface area contributed by atoms with E-state index in [0.29, 0.717) is 6.54 Å².